The summed E-state index contributed by atoms with van der Waals surface area (Å²) in [7, 11) is 0. The molecular weight excluding hydrogens is 361 g/mol. The number of thiazole rings is 1. The van der Waals surface area contributed by atoms with Crippen molar-refractivity contribution in [2.24, 2.45) is 0 Å². The van der Waals surface area contributed by atoms with E-state index < -0.39 is 0 Å². The van der Waals surface area contributed by atoms with Gasteiger partial charge in [0.1, 0.15) is 0 Å². The van der Waals surface area contributed by atoms with E-state index in [4.69, 9.17) is 0 Å². The largest absolute Gasteiger partial charge is 0.229 e. The smallest absolute Gasteiger partial charge is 0.159 e. The first-order valence-corrected chi connectivity index (χ1v) is 6.38. The Balaban J connectivity index is 2.52. The van der Waals surface area contributed by atoms with E-state index in [9.17, 15) is 0 Å². The Bertz CT molecular complexity index is 427. The number of hydrogen-bond acceptors (Lipinski definition) is 2. The first kappa shape index (κ1) is 9.61. The maximum Gasteiger partial charge on any atom is 0.159 e. The van der Waals surface area contributed by atoms with E-state index in [1.807, 2.05) is 12.1 Å². The van der Waals surface area contributed by atoms with Crippen LogP contribution in [0.25, 0.3) is 11.3 Å². The third kappa shape index (κ3) is 2.11. The molecular formula is C9H5BrINS. The molecule has 0 unspecified atom stereocenters. The van der Waals surface area contributed by atoms with Crippen LogP contribution in [0.4, 0.5) is 0 Å². The van der Waals surface area contributed by atoms with Gasteiger partial charge in [0.2, 0.25) is 0 Å². The Morgan fingerprint density at radius 3 is 2.69 bits per heavy atom. The highest BCUT2D eigenvalue weighted by atomic mass is 127. The van der Waals surface area contributed by atoms with Gasteiger partial charge < -0.3 is 0 Å². The third-order valence-electron chi connectivity index (χ3n) is 1.63. The molecule has 13 heavy (non-hydrogen) atoms. The number of nitrogens with zero attached hydrogens (tertiary/aromatic N) is 1. The molecule has 2 aromatic rings. The molecule has 66 valence electrons. The van der Waals surface area contributed by atoms with Gasteiger partial charge in [0, 0.05) is 14.5 Å². The number of rotatable bonds is 1. The summed E-state index contributed by atoms with van der Waals surface area (Å²) < 4.78 is 2.17. The quantitative estimate of drug-likeness (QED) is 0.691. The van der Waals surface area contributed by atoms with Gasteiger partial charge in [-0.2, -0.15) is 0 Å². The second-order valence-corrected chi connectivity index (χ2v) is 5.76. The fourth-order valence-electron chi connectivity index (χ4n) is 1.04. The average Bonchev–Trinajstić information content (AvgIpc) is 2.53. The van der Waals surface area contributed by atoms with Crippen LogP contribution >= 0.6 is 49.9 Å². The van der Waals surface area contributed by atoms with Crippen molar-refractivity contribution in [3.8, 4) is 11.3 Å². The van der Waals surface area contributed by atoms with Crippen LogP contribution in [0.3, 0.4) is 0 Å². The first-order valence-electron chi connectivity index (χ1n) is 3.63. The van der Waals surface area contributed by atoms with Crippen molar-refractivity contribution >= 4 is 49.9 Å². The molecule has 0 atom stereocenters. The Hall–Kier alpha value is 0.0600. The van der Waals surface area contributed by atoms with Crippen molar-refractivity contribution in [3.63, 3.8) is 0 Å². The minimum atomic E-state index is 0.933. The van der Waals surface area contributed by atoms with Gasteiger partial charge in [-0.05, 0) is 44.6 Å². The molecule has 1 aromatic heterocycles. The summed E-state index contributed by atoms with van der Waals surface area (Å²) in [5.74, 6) is 0. The molecule has 0 aliphatic carbocycles. The van der Waals surface area contributed by atoms with Crippen LogP contribution in [0.2, 0.25) is 0 Å². The minimum absolute atomic E-state index is 0.933. The summed E-state index contributed by atoms with van der Waals surface area (Å²) in [5, 5.41) is 2.06. The highest BCUT2D eigenvalue weighted by molar-refractivity contribution is 14.1. The van der Waals surface area contributed by atoms with E-state index in [-0.39, 0.29) is 0 Å². The summed E-state index contributed by atoms with van der Waals surface area (Å²) in [5.41, 5.74) is 2.24. The van der Waals surface area contributed by atoms with E-state index in [2.05, 4.69) is 61.0 Å². The van der Waals surface area contributed by atoms with Gasteiger partial charge in [0.05, 0.1) is 5.69 Å². The molecule has 1 aromatic carbocycles. The molecule has 1 nitrogen and oxygen atoms in total. The maximum atomic E-state index is 4.37. The van der Waals surface area contributed by atoms with Crippen molar-refractivity contribution in [1.29, 1.82) is 0 Å². The highest BCUT2D eigenvalue weighted by Gasteiger charge is 2.04. The Morgan fingerprint density at radius 1 is 1.31 bits per heavy atom. The zero-order valence-electron chi connectivity index (χ0n) is 6.50. The fourth-order valence-corrected chi connectivity index (χ4v) is 2.72. The maximum absolute atomic E-state index is 4.37. The highest BCUT2D eigenvalue weighted by Crippen LogP contribution is 2.28. The molecule has 0 saturated carbocycles. The topological polar surface area (TPSA) is 12.9 Å². The Morgan fingerprint density at radius 2 is 2.08 bits per heavy atom. The summed E-state index contributed by atoms with van der Waals surface area (Å²) >= 11 is 7.29. The van der Waals surface area contributed by atoms with Gasteiger partial charge in [-0.25, -0.2) is 4.98 Å². The van der Waals surface area contributed by atoms with Gasteiger partial charge >= 0.3 is 0 Å². The zero-order chi connectivity index (χ0) is 9.26. The van der Waals surface area contributed by atoms with Crippen LogP contribution in [0.1, 0.15) is 0 Å². The van der Waals surface area contributed by atoms with E-state index in [1.165, 1.54) is 9.13 Å². The third-order valence-corrected chi connectivity index (χ3v) is 3.93. The molecule has 0 fully saturated rings. The van der Waals surface area contributed by atoms with Crippen LogP contribution in [-0.4, -0.2) is 4.98 Å². The molecule has 0 amide bonds. The molecule has 0 aliphatic heterocycles. The second kappa shape index (κ2) is 4.06. The van der Waals surface area contributed by atoms with Crippen molar-refractivity contribution < 1.29 is 0 Å². The lowest BCUT2D eigenvalue weighted by molar-refractivity contribution is 1.36. The number of aromatic nitrogens is 1. The normalized spacial score (nSPS) is 10.3. The first-order chi connectivity index (χ1) is 6.27. The lowest BCUT2D eigenvalue weighted by Crippen LogP contribution is -1.80. The van der Waals surface area contributed by atoms with Crippen LogP contribution in [-0.2, 0) is 0 Å². The van der Waals surface area contributed by atoms with Crippen molar-refractivity contribution in [2.75, 3.05) is 0 Å². The molecule has 0 bridgehead atoms. The van der Waals surface area contributed by atoms with E-state index >= 15 is 0 Å². The SMILES string of the molecule is Brc1nc(-c2ccccc2I)cs1. The van der Waals surface area contributed by atoms with Crippen molar-refractivity contribution in [2.45, 2.75) is 0 Å². The second-order valence-electron chi connectivity index (χ2n) is 2.47. The zero-order valence-corrected chi connectivity index (χ0v) is 11.1. The van der Waals surface area contributed by atoms with E-state index in [1.54, 1.807) is 11.3 Å². The predicted molar refractivity (Wildman–Crippen MR) is 68.0 cm³/mol. The molecule has 0 saturated heterocycles. The van der Waals surface area contributed by atoms with Crippen LogP contribution in [0.5, 0.6) is 0 Å². The van der Waals surface area contributed by atoms with E-state index in [0.29, 0.717) is 0 Å². The summed E-state index contributed by atoms with van der Waals surface area (Å²) in [4.78, 5) is 4.37. The number of halogens is 2. The van der Waals surface area contributed by atoms with Gasteiger partial charge in [0.25, 0.3) is 0 Å². The molecule has 0 aliphatic rings. The Kier molecular flexibility index (Phi) is 3.00. The van der Waals surface area contributed by atoms with Crippen molar-refractivity contribution in [1.82, 2.24) is 4.98 Å². The lowest BCUT2D eigenvalue weighted by Gasteiger charge is -1.98. The average molecular weight is 366 g/mol. The molecule has 0 radical (unpaired) electrons. The predicted octanol–water partition coefficient (Wildman–Crippen LogP) is 4.18. The number of benzene rings is 1. The molecule has 2 rings (SSSR count). The van der Waals surface area contributed by atoms with Crippen LogP contribution in [0, 0.1) is 3.57 Å². The summed E-state index contributed by atoms with van der Waals surface area (Å²) in [6.07, 6.45) is 0. The monoisotopic (exact) mass is 365 g/mol. The van der Waals surface area contributed by atoms with Gasteiger partial charge in [0.15, 0.2) is 3.92 Å². The summed E-state index contributed by atoms with van der Waals surface area (Å²) in [6.45, 7) is 0. The fraction of sp³-hybridized carbons (Fsp3) is 0. The number of hydrogen-bond donors (Lipinski definition) is 0. The van der Waals surface area contributed by atoms with Gasteiger partial charge in [-0.1, -0.05) is 18.2 Å². The molecule has 0 N–H and O–H groups in total. The standard InChI is InChI=1S/C9H5BrINS/c10-9-12-8(5-13-9)6-3-1-2-4-7(6)11/h1-5H. The Labute approximate surface area is 102 Å². The van der Waals surface area contributed by atoms with Gasteiger partial charge in [-0.3, -0.25) is 0 Å². The molecule has 4 heteroatoms. The van der Waals surface area contributed by atoms with Gasteiger partial charge in [-0.15, -0.1) is 11.3 Å². The van der Waals surface area contributed by atoms with E-state index in [0.717, 1.165) is 9.61 Å². The molecule has 0 spiro atoms. The lowest BCUT2D eigenvalue weighted by atomic mass is 10.2. The van der Waals surface area contributed by atoms with Crippen LogP contribution in [0.15, 0.2) is 33.6 Å². The molecule has 1 heterocycles. The minimum Gasteiger partial charge on any atom is -0.229 e. The van der Waals surface area contributed by atoms with Crippen LogP contribution < -0.4 is 0 Å². The summed E-state index contributed by atoms with van der Waals surface area (Å²) in [6, 6.07) is 8.24. The van der Waals surface area contributed by atoms with Crippen molar-refractivity contribution in [3.05, 3.63) is 37.1 Å².